The van der Waals surface area contributed by atoms with Gasteiger partial charge >= 0.3 is 0 Å². The molecule has 1 atom stereocenters. The fourth-order valence-electron chi connectivity index (χ4n) is 1.75. The van der Waals surface area contributed by atoms with E-state index in [1.165, 1.54) is 11.1 Å². The predicted octanol–water partition coefficient (Wildman–Crippen LogP) is 2.28. The Balaban J connectivity index is 2.72. The Kier molecular flexibility index (Phi) is 5.37. The predicted molar refractivity (Wildman–Crippen MR) is 63.9 cm³/mol. The van der Waals surface area contributed by atoms with Crippen LogP contribution >= 0.6 is 0 Å². The van der Waals surface area contributed by atoms with E-state index < -0.39 is 0 Å². The Labute approximate surface area is 92.3 Å². The van der Waals surface area contributed by atoms with Crippen molar-refractivity contribution in [3.05, 3.63) is 35.4 Å². The number of nitrogens with one attached hydrogen (secondary N) is 1. The van der Waals surface area contributed by atoms with Gasteiger partial charge in [0, 0.05) is 12.6 Å². The molecule has 15 heavy (non-hydrogen) atoms. The van der Waals surface area contributed by atoms with Crippen molar-refractivity contribution in [2.75, 3.05) is 13.2 Å². The van der Waals surface area contributed by atoms with Crippen LogP contribution in [0.5, 0.6) is 0 Å². The topological polar surface area (TPSA) is 32.3 Å². The van der Waals surface area contributed by atoms with Gasteiger partial charge in [0.2, 0.25) is 0 Å². The van der Waals surface area contributed by atoms with Crippen LogP contribution in [0.1, 0.15) is 37.4 Å². The molecule has 2 heteroatoms. The molecule has 0 bridgehead atoms. The van der Waals surface area contributed by atoms with Crippen molar-refractivity contribution >= 4 is 0 Å². The van der Waals surface area contributed by atoms with Gasteiger partial charge < -0.3 is 10.4 Å². The van der Waals surface area contributed by atoms with Crippen LogP contribution in [0, 0.1) is 0 Å². The lowest BCUT2D eigenvalue weighted by Crippen LogP contribution is -2.21. The van der Waals surface area contributed by atoms with Crippen LogP contribution in [0.2, 0.25) is 0 Å². The Hall–Kier alpha value is -0.860. The highest BCUT2D eigenvalue weighted by molar-refractivity contribution is 5.25. The van der Waals surface area contributed by atoms with E-state index >= 15 is 0 Å². The first kappa shape index (κ1) is 12.2. The first-order valence-electron chi connectivity index (χ1n) is 5.74. The zero-order valence-electron chi connectivity index (χ0n) is 9.66. The molecule has 2 nitrogen and oxygen atoms in total. The van der Waals surface area contributed by atoms with Crippen molar-refractivity contribution in [2.24, 2.45) is 0 Å². The molecular weight excluding hydrogens is 186 g/mol. The zero-order valence-corrected chi connectivity index (χ0v) is 9.66. The summed E-state index contributed by atoms with van der Waals surface area (Å²) in [5, 5.41) is 12.4. The Morgan fingerprint density at radius 3 is 2.33 bits per heavy atom. The monoisotopic (exact) mass is 207 g/mol. The number of hydrogen-bond acceptors (Lipinski definition) is 2. The molecule has 1 rings (SSSR count). The first-order chi connectivity index (χ1) is 7.31. The molecular formula is C13H21NO. The van der Waals surface area contributed by atoms with E-state index in [1.807, 2.05) is 0 Å². The van der Waals surface area contributed by atoms with Gasteiger partial charge in [0.1, 0.15) is 0 Å². The van der Waals surface area contributed by atoms with Gasteiger partial charge in [-0.15, -0.1) is 0 Å². The van der Waals surface area contributed by atoms with Gasteiger partial charge in [0.25, 0.3) is 0 Å². The molecule has 0 aliphatic rings. The maximum atomic E-state index is 8.99. The van der Waals surface area contributed by atoms with E-state index in [1.54, 1.807) is 0 Å². The van der Waals surface area contributed by atoms with Crippen LogP contribution in [0.4, 0.5) is 0 Å². The van der Waals surface area contributed by atoms with E-state index in [9.17, 15) is 0 Å². The number of aliphatic hydroxyl groups is 1. The summed E-state index contributed by atoms with van der Waals surface area (Å²) in [5.41, 5.74) is 2.63. The standard InChI is InChI=1S/C13H21NO/c1-3-11-5-7-12(8-6-11)13(9-10-15)14-4-2/h5-8,13-15H,3-4,9-10H2,1-2H3. The Morgan fingerprint density at radius 1 is 1.20 bits per heavy atom. The lowest BCUT2D eigenvalue weighted by Gasteiger charge is -2.17. The highest BCUT2D eigenvalue weighted by atomic mass is 16.3. The molecule has 0 aromatic heterocycles. The molecule has 1 aromatic rings. The molecule has 0 saturated carbocycles. The largest absolute Gasteiger partial charge is 0.396 e. The summed E-state index contributed by atoms with van der Waals surface area (Å²) in [6.45, 7) is 5.41. The molecule has 0 spiro atoms. The molecule has 1 aromatic carbocycles. The molecule has 0 amide bonds. The number of hydrogen-bond donors (Lipinski definition) is 2. The van der Waals surface area contributed by atoms with Crippen LogP contribution in [-0.4, -0.2) is 18.3 Å². The molecule has 2 N–H and O–H groups in total. The van der Waals surface area contributed by atoms with Gasteiger partial charge in [-0.2, -0.15) is 0 Å². The van der Waals surface area contributed by atoms with Gasteiger partial charge in [0.05, 0.1) is 0 Å². The normalized spacial score (nSPS) is 12.7. The van der Waals surface area contributed by atoms with Crippen LogP contribution in [-0.2, 0) is 6.42 Å². The zero-order chi connectivity index (χ0) is 11.1. The SMILES string of the molecule is CCNC(CCO)c1ccc(CC)cc1. The number of rotatable bonds is 6. The van der Waals surface area contributed by atoms with Crippen LogP contribution in [0.3, 0.4) is 0 Å². The third-order valence-electron chi connectivity index (χ3n) is 2.66. The molecule has 0 aliphatic heterocycles. The van der Waals surface area contributed by atoms with Crippen molar-refractivity contribution in [3.63, 3.8) is 0 Å². The lowest BCUT2D eigenvalue weighted by molar-refractivity contribution is 0.266. The second-order valence-corrected chi connectivity index (χ2v) is 3.72. The summed E-state index contributed by atoms with van der Waals surface area (Å²) >= 11 is 0. The number of aliphatic hydroxyl groups excluding tert-OH is 1. The molecule has 0 heterocycles. The average molecular weight is 207 g/mol. The number of aryl methyl sites for hydroxylation is 1. The summed E-state index contributed by atoms with van der Waals surface area (Å²) in [7, 11) is 0. The van der Waals surface area contributed by atoms with Gasteiger partial charge in [-0.05, 0) is 30.5 Å². The molecule has 0 aliphatic carbocycles. The maximum Gasteiger partial charge on any atom is 0.0449 e. The van der Waals surface area contributed by atoms with Gasteiger partial charge in [0.15, 0.2) is 0 Å². The van der Waals surface area contributed by atoms with E-state index in [0.29, 0.717) is 0 Å². The van der Waals surface area contributed by atoms with Crippen LogP contribution in [0.15, 0.2) is 24.3 Å². The van der Waals surface area contributed by atoms with Gasteiger partial charge in [-0.25, -0.2) is 0 Å². The second-order valence-electron chi connectivity index (χ2n) is 3.72. The number of benzene rings is 1. The Morgan fingerprint density at radius 2 is 1.87 bits per heavy atom. The summed E-state index contributed by atoms with van der Waals surface area (Å²) < 4.78 is 0. The Bertz CT molecular complexity index is 262. The molecule has 1 unspecified atom stereocenters. The van der Waals surface area contributed by atoms with Crippen molar-refractivity contribution in [2.45, 2.75) is 32.7 Å². The third kappa shape index (κ3) is 3.65. The average Bonchev–Trinajstić information content (AvgIpc) is 2.29. The van der Waals surface area contributed by atoms with Crippen molar-refractivity contribution in [3.8, 4) is 0 Å². The minimum absolute atomic E-state index is 0.229. The minimum atomic E-state index is 0.229. The summed E-state index contributed by atoms with van der Waals surface area (Å²) in [6.07, 6.45) is 1.85. The molecule has 0 saturated heterocycles. The fraction of sp³-hybridized carbons (Fsp3) is 0.538. The minimum Gasteiger partial charge on any atom is -0.396 e. The third-order valence-corrected chi connectivity index (χ3v) is 2.66. The summed E-state index contributed by atoms with van der Waals surface area (Å²) in [5.74, 6) is 0. The van der Waals surface area contributed by atoms with Crippen molar-refractivity contribution in [1.29, 1.82) is 0 Å². The molecule has 0 radical (unpaired) electrons. The smallest absolute Gasteiger partial charge is 0.0449 e. The maximum absolute atomic E-state index is 8.99. The highest BCUT2D eigenvalue weighted by Crippen LogP contribution is 2.17. The van der Waals surface area contributed by atoms with E-state index in [-0.39, 0.29) is 12.6 Å². The summed E-state index contributed by atoms with van der Waals surface area (Å²) in [4.78, 5) is 0. The van der Waals surface area contributed by atoms with E-state index in [4.69, 9.17) is 5.11 Å². The second kappa shape index (κ2) is 6.59. The first-order valence-corrected chi connectivity index (χ1v) is 5.74. The highest BCUT2D eigenvalue weighted by Gasteiger charge is 2.08. The lowest BCUT2D eigenvalue weighted by atomic mass is 10.0. The van der Waals surface area contributed by atoms with Crippen molar-refractivity contribution < 1.29 is 5.11 Å². The van der Waals surface area contributed by atoms with Crippen LogP contribution in [0.25, 0.3) is 0 Å². The van der Waals surface area contributed by atoms with Gasteiger partial charge in [-0.3, -0.25) is 0 Å². The van der Waals surface area contributed by atoms with Crippen LogP contribution < -0.4 is 5.32 Å². The van der Waals surface area contributed by atoms with Crippen molar-refractivity contribution in [1.82, 2.24) is 5.32 Å². The van der Waals surface area contributed by atoms with Gasteiger partial charge in [-0.1, -0.05) is 38.1 Å². The molecule has 84 valence electrons. The van der Waals surface area contributed by atoms with E-state index in [0.717, 1.165) is 19.4 Å². The van der Waals surface area contributed by atoms with E-state index in [2.05, 4.69) is 43.4 Å². The summed E-state index contributed by atoms with van der Waals surface area (Å²) in [6, 6.07) is 8.92. The quantitative estimate of drug-likeness (QED) is 0.750. The molecule has 0 fully saturated rings. The fourth-order valence-corrected chi connectivity index (χ4v) is 1.75.